The van der Waals surface area contributed by atoms with E-state index >= 15 is 0 Å². The summed E-state index contributed by atoms with van der Waals surface area (Å²) in [5.41, 5.74) is 0.244. The number of carbonyl (C=O) groups excluding carboxylic acids is 1. The predicted octanol–water partition coefficient (Wildman–Crippen LogP) is 4.44. The van der Waals surface area contributed by atoms with Crippen molar-refractivity contribution in [1.29, 1.82) is 0 Å². The molecular formula is C19H19F3N4O2. The van der Waals surface area contributed by atoms with Crippen molar-refractivity contribution in [2.75, 3.05) is 0 Å². The Hall–Kier alpha value is -3.10. The number of benzene rings is 1. The number of carbonyl (C=O) groups is 1. The minimum Gasteiger partial charge on any atom is -0.444 e. The Labute approximate surface area is 159 Å². The summed E-state index contributed by atoms with van der Waals surface area (Å²) in [6.07, 6.45) is -3.72. The van der Waals surface area contributed by atoms with Crippen LogP contribution in [0.15, 0.2) is 42.6 Å². The second kappa shape index (κ2) is 7.14. The van der Waals surface area contributed by atoms with Crippen LogP contribution in [0.5, 0.6) is 0 Å². The number of rotatable bonds is 3. The first-order valence-corrected chi connectivity index (χ1v) is 8.51. The smallest absolute Gasteiger partial charge is 0.416 e. The Bertz CT molecular complexity index is 989. The second-order valence-electron chi connectivity index (χ2n) is 7.20. The van der Waals surface area contributed by atoms with Crippen LogP contribution in [0, 0.1) is 0 Å². The van der Waals surface area contributed by atoms with E-state index in [0.29, 0.717) is 11.4 Å². The van der Waals surface area contributed by atoms with Gasteiger partial charge in [0.25, 0.3) is 0 Å². The number of pyridine rings is 1. The summed E-state index contributed by atoms with van der Waals surface area (Å²) in [5.74, 6) is 0.311. The highest BCUT2D eigenvalue weighted by atomic mass is 19.4. The van der Waals surface area contributed by atoms with Crippen LogP contribution in [-0.2, 0) is 17.5 Å². The maximum Gasteiger partial charge on any atom is 0.416 e. The van der Waals surface area contributed by atoms with E-state index in [1.165, 1.54) is 10.7 Å². The maximum atomic E-state index is 12.8. The lowest BCUT2D eigenvalue weighted by atomic mass is 10.1. The molecule has 0 bridgehead atoms. The third-order valence-electron chi connectivity index (χ3n) is 3.71. The SMILES string of the molecule is CC(C)(C)OC(=O)NCc1ccc(-c2nc3cc(C(F)(F)F)ccn3n2)cc1. The first-order chi connectivity index (χ1) is 13.0. The number of hydrogen-bond donors (Lipinski definition) is 1. The molecule has 0 spiro atoms. The molecule has 0 radical (unpaired) electrons. The molecule has 1 amide bonds. The average molecular weight is 392 g/mol. The molecule has 3 rings (SSSR count). The standard InChI is InChI=1S/C19H19F3N4O2/c1-18(2,3)28-17(27)23-11-12-4-6-13(7-5-12)16-24-15-10-14(19(20,21)22)8-9-26(15)25-16/h4-10H,11H2,1-3H3,(H,23,27). The van der Waals surface area contributed by atoms with Crippen molar-refractivity contribution in [3.63, 3.8) is 0 Å². The van der Waals surface area contributed by atoms with Gasteiger partial charge in [-0.15, -0.1) is 5.10 Å². The zero-order chi connectivity index (χ0) is 20.5. The molecule has 0 saturated heterocycles. The lowest BCUT2D eigenvalue weighted by Gasteiger charge is -2.19. The van der Waals surface area contributed by atoms with Crippen molar-refractivity contribution in [3.05, 3.63) is 53.7 Å². The van der Waals surface area contributed by atoms with E-state index in [2.05, 4.69) is 15.4 Å². The number of nitrogens with one attached hydrogen (secondary N) is 1. The summed E-state index contributed by atoms with van der Waals surface area (Å²) in [6, 6.07) is 8.95. The van der Waals surface area contributed by atoms with Crippen LogP contribution in [0.3, 0.4) is 0 Å². The van der Waals surface area contributed by atoms with Crippen LogP contribution in [-0.4, -0.2) is 26.3 Å². The predicted molar refractivity (Wildman–Crippen MR) is 96.5 cm³/mol. The number of ether oxygens (including phenoxy) is 1. The Balaban J connectivity index is 1.72. The molecule has 2 aromatic heterocycles. The lowest BCUT2D eigenvalue weighted by molar-refractivity contribution is -0.137. The van der Waals surface area contributed by atoms with Gasteiger partial charge in [0, 0.05) is 18.3 Å². The third kappa shape index (κ3) is 4.79. The molecule has 0 unspecified atom stereocenters. The van der Waals surface area contributed by atoms with Crippen LogP contribution in [0.1, 0.15) is 31.9 Å². The normalized spacial score (nSPS) is 12.2. The molecule has 1 N–H and O–H groups in total. The number of alkyl carbamates (subject to hydrolysis) is 1. The fourth-order valence-electron chi connectivity index (χ4n) is 2.44. The Morgan fingerprint density at radius 1 is 1.14 bits per heavy atom. The quantitative estimate of drug-likeness (QED) is 0.716. The van der Waals surface area contributed by atoms with Crippen LogP contribution >= 0.6 is 0 Å². The highest BCUT2D eigenvalue weighted by Crippen LogP contribution is 2.29. The van der Waals surface area contributed by atoms with Crippen molar-refractivity contribution in [1.82, 2.24) is 19.9 Å². The van der Waals surface area contributed by atoms with Crippen LogP contribution in [0.4, 0.5) is 18.0 Å². The van der Waals surface area contributed by atoms with E-state index in [1.807, 2.05) is 0 Å². The number of nitrogens with zero attached hydrogens (tertiary/aromatic N) is 3. The first-order valence-electron chi connectivity index (χ1n) is 8.51. The molecule has 28 heavy (non-hydrogen) atoms. The molecule has 9 heteroatoms. The Morgan fingerprint density at radius 2 is 1.82 bits per heavy atom. The number of halogens is 3. The van der Waals surface area contributed by atoms with E-state index in [0.717, 1.165) is 17.7 Å². The second-order valence-corrected chi connectivity index (χ2v) is 7.20. The lowest BCUT2D eigenvalue weighted by Crippen LogP contribution is -2.32. The largest absolute Gasteiger partial charge is 0.444 e. The van der Waals surface area contributed by atoms with Crippen LogP contribution < -0.4 is 5.32 Å². The summed E-state index contributed by atoms with van der Waals surface area (Å²) >= 11 is 0. The molecule has 0 saturated carbocycles. The summed E-state index contributed by atoms with van der Waals surface area (Å²) < 4.78 is 44.9. The van der Waals surface area contributed by atoms with Gasteiger partial charge in [0.2, 0.25) is 0 Å². The van der Waals surface area contributed by atoms with Crippen molar-refractivity contribution in [2.45, 2.75) is 39.1 Å². The number of aromatic nitrogens is 3. The summed E-state index contributed by atoms with van der Waals surface area (Å²) in [4.78, 5) is 15.8. The van der Waals surface area contributed by atoms with Gasteiger partial charge in [-0.25, -0.2) is 14.3 Å². The van der Waals surface area contributed by atoms with E-state index in [9.17, 15) is 18.0 Å². The third-order valence-corrected chi connectivity index (χ3v) is 3.71. The number of alkyl halides is 3. The van der Waals surface area contributed by atoms with Gasteiger partial charge in [-0.3, -0.25) is 0 Å². The van der Waals surface area contributed by atoms with Gasteiger partial charge in [-0.2, -0.15) is 13.2 Å². The molecule has 2 heterocycles. The number of fused-ring (bicyclic) bond motifs is 1. The van der Waals surface area contributed by atoms with Crippen LogP contribution in [0.25, 0.3) is 17.0 Å². The molecule has 3 aromatic rings. The molecule has 0 aliphatic heterocycles. The van der Waals surface area contributed by atoms with Gasteiger partial charge < -0.3 is 10.1 Å². The van der Waals surface area contributed by atoms with Gasteiger partial charge in [0.05, 0.1) is 5.56 Å². The molecule has 148 valence electrons. The van der Waals surface area contributed by atoms with Gasteiger partial charge in [-0.1, -0.05) is 24.3 Å². The average Bonchev–Trinajstić information content (AvgIpc) is 3.01. The molecule has 0 aliphatic rings. The summed E-state index contributed by atoms with van der Waals surface area (Å²) in [7, 11) is 0. The number of amides is 1. The fourth-order valence-corrected chi connectivity index (χ4v) is 2.44. The first kappa shape index (κ1) is 19.7. The minimum absolute atomic E-state index is 0.112. The highest BCUT2D eigenvalue weighted by Gasteiger charge is 2.31. The number of hydrogen-bond acceptors (Lipinski definition) is 4. The highest BCUT2D eigenvalue weighted by molar-refractivity contribution is 5.67. The van der Waals surface area contributed by atoms with Crippen molar-refractivity contribution in [2.24, 2.45) is 0 Å². The van der Waals surface area contributed by atoms with E-state index in [4.69, 9.17) is 4.74 Å². The maximum absolute atomic E-state index is 12.8. The Kier molecular flexibility index (Phi) is 5.01. The topological polar surface area (TPSA) is 68.5 Å². The zero-order valence-electron chi connectivity index (χ0n) is 15.5. The van der Waals surface area contributed by atoms with E-state index < -0.39 is 23.4 Å². The molecule has 1 aromatic carbocycles. The molecule has 0 atom stereocenters. The zero-order valence-corrected chi connectivity index (χ0v) is 15.5. The van der Waals surface area contributed by atoms with Crippen molar-refractivity contribution in [3.8, 4) is 11.4 Å². The van der Waals surface area contributed by atoms with Crippen LogP contribution in [0.2, 0.25) is 0 Å². The molecule has 6 nitrogen and oxygen atoms in total. The van der Waals surface area contributed by atoms with E-state index in [1.54, 1.807) is 45.0 Å². The van der Waals surface area contributed by atoms with Gasteiger partial charge in [-0.05, 0) is 38.5 Å². The fraction of sp³-hybridized carbons (Fsp3) is 0.316. The summed E-state index contributed by atoms with van der Waals surface area (Å²) in [5, 5.41) is 6.85. The monoisotopic (exact) mass is 392 g/mol. The van der Waals surface area contributed by atoms with E-state index in [-0.39, 0.29) is 12.2 Å². The summed E-state index contributed by atoms with van der Waals surface area (Å²) in [6.45, 7) is 5.62. The molecular weight excluding hydrogens is 373 g/mol. The minimum atomic E-state index is -4.43. The van der Waals surface area contributed by atoms with Crippen molar-refractivity contribution >= 4 is 11.7 Å². The molecule has 0 aliphatic carbocycles. The van der Waals surface area contributed by atoms with Gasteiger partial charge in [0.15, 0.2) is 11.5 Å². The van der Waals surface area contributed by atoms with Gasteiger partial charge in [0.1, 0.15) is 5.60 Å². The van der Waals surface area contributed by atoms with Crippen molar-refractivity contribution < 1.29 is 22.7 Å². The molecule has 0 fully saturated rings. The van der Waals surface area contributed by atoms with Gasteiger partial charge >= 0.3 is 12.3 Å². The Morgan fingerprint density at radius 3 is 2.43 bits per heavy atom.